The molecule has 3 rings (SSSR count). The number of Topliss-reactive ketones (excluding diaryl/α,β-unsaturated/α-hetero) is 1. The lowest BCUT2D eigenvalue weighted by Gasteiger charge is -2.62. The minimum absolute atomic E-state index is 0.227. The summed E-state index contributed by atoms with van der Waals surface area (Å²) in [4.78, 5) is 12.2. The van der Waals surface area contributed by atoms with Gasteiger partial charge in [0, 0.05) is 24.4 Å². The Morgan fingerprint density at radius 1 is 1.19 bits per heavy atom. The number of halogens is 1. The predicted octanol–water partition coefficient (Wildman–Crippen LogP) is 4.64. The molecule has 3 saturated carbocycles. The van der Waals surface area contributed by atoms with E-state index in [0.29, 0.717) is 34.6 Å². The maximum atomic E-state index is 12.2. The third-order valence-electron chi connectivity index (χ3n) is 7.47. The molecule has 0 aromatic heterocycles. The lowest BCUT2D eigenvalue weighted by atomic mass is 9.43. The zero-order valence-corrected chi connectivity index (χ0v) is 16.0. The van der Waals surface area contributed by atoms with Crippen LogP contribution in [0.1, 0.15) is 59.3 Å². The molecule has 0 aromatic carbocycles. The van der Waals surface area contributed by atoms with Crippen LogP contribution in [0, 0.1) is 28.1 Å². The van der Waals surface area contributed by atoms with E-state index in [9.17, 15) is 4.79 Å². The lowest BCUT2D eigenvalue weighted by molar-refractivity contribution is -0.168. The number of carbonyl (C=O) groups excluding carboxylic acids is 1. The Labute approximate surface area is 142 Å². The smallest absolute Gasteiger partial charge is 0.133 e. The summed E-state index contributed by atoms with van der Waals surface area (Å²) in [6.07, 6.45) is 6.96. The molecule has 3 fully saturated rings. The Hall–Kier alpha value is 0.360. The van der Waals surface area contributed by atoms with Crippen molar-refractivity contribution in [3.05, 3.63) is 0 Å². The molecule has 3 aliphatic carbocycles. The van der Waals surface area contributed by atoms with Gasteiger partial charge in [-0.2, -0.15) is 0 Å². The fourth-order valence-corrected chi connectivity index (χ4v) is 7.65. The van der Waals surface area contributed by atoms with Crippen LogP contribution < -0.4 is 0 Å². The Morgan fingerprint density at radius 3 is 2.52 bits per heavy atom. The summed E-state index contributed by atoms with van der Waals surface area (Å²) in [5.41, 5.74) is 0.859. The van der Waals surface area contributed by atoms with Crippen molar-refractivity contribution in [3.63, 3.8) is 0 Å². The van der Waals surface area contributed by atoms with Crippen molar-refractivity contribution in [1.82, 2.24) is 0 Å². The summed E-state index contributed by atoms with van der Waals surface area (Å²) in [5, 5.41) is 0. The van der Waals surface area contributed by atoms with Crippen LogP contribution in [0.3, 0.4) is 0 Å². The first kappa shape index (κ1) is 16.2. The van der Waals surface area contributed by atoms with E-state index < -0.39 is 0 Å². The molecule has 0 saturated heterocycles. The molecule has 5 atom stereocenters. The standard InChI is InChI=1S/C18H29IO2/c1-16(2)13-5-8-18(11-19)10-12(20)9-14(18)17(13,3)7-6-15(16)21-4/h13-15H,5-11H2,1-4H3/t13-,14-,15-,17-,18+/m0/s1. The van der Waals surface area contributed by atoms with Crippen molar-refractivity contribution in [2.75, 3.05) is 11.5 Å². The van der Waals surface area contributed by atoms with Crippen LogP contribution >= 0.6 is 22.6 Å². The van der Waals surface area contributed by atoms with E-state index in [4.69, 9.17) is 4.74 Å². The van der Waals surface area contributed by atoms with Gasteiger partial charge in [0.25, 0.3) is 0 Å². The summed E-state index contributed by atoms with van der Waals surface area (Å²) in [5.74, 6) is 1.81. The molecule has 3 heteroatoms. The molecular formula is C18H29IO2. The van der Waals surface area contributed by atoms with Crippen LogP contribution in [0.15, 0.2) is 0 Å². The van der Waals surface area contributed by atoms with Crippen molar-refractivity contribution in [2.24, 2.45) is 28.1 Å². The fraction of sp³-hybridized carbons (Fsp3) is 0.944. The van der Waals surface area contributed by atoms with Crippen LogP contribution in [0.25, 0.3) is 0 Å². The van der Waals surface area contributed by atoms with E-state index in [1.54, 1.807) is 0 Å². The molecule has 2 nitrogen and oxygen atoms in total. The summed E-state index contributed by atoms with van der Waals surface area (Å²) in [7, 11) is 1.87. The van der Waals surface area contributed by atoms with Crippen LogP contribution in [0.4, 0.5) is 0 Å². The first-order valence-corrected chi connectivity index (χ1v) is 9.93. The summed E-state index contributed by atoms with van der Waals surface area (Å²) < 4.78 is 6.97. The van der Waals surface area contributed by atoms with Crippen molar-refractivity contribution in [1.29, 1.82) is 0 Å². The largest absolute Gasteiger partial charge is 0.381 e. The summed E-state index contributed by atoms with van der Waals surface area (Å²) in [6, 6.07) is 0. The first-order valence-electron chi connectivity index (χ1n) is 8.40. The van der Waals surface area contributed by atoms with E-state index in [2.05, 4.69) is 43.4 Å². The normalized spacial score (nSPS) is 48.8. The molecule has 0 heterocycles. The van der Waals surface area contributed by atoms with Crippen molar-refractivity contribution in [2.45, 2.75) is 65.4 Å². The van der Waals surface area contributed by atoms with Gasteiger partial charge in [-0.05, 0) is 53.8 Å². The summed E-state index contributed by atoms with van der Waals surface area (Å²) >= 11 is 2.54. The topological polar surface area (TPSA) is 26.3 Å². The number of fused-ring (bicyclic) bond motifs is 3. The minimum atomic E-state index is 0.227. The number of methoxy groups -OCH3 is 1. The van der Waals surface area contributed by atoms with Gasteiger partial charge in [-0.15, -0.1) is 0 Å². The third kappa shape index (κ3) is 2.16. The van der Waals surface area contributed by atoms with Gasteiger partial charge in [-0.1, -0.05) is 43.4 Å². The summed E-state index contributed by atoms with van der Waals surface area (Å²) in [6.45, 7) is 7.29. The second-order valence-electron chi connectivity index (χ2n) is 8.65. The average Bonchev–Trinajstić information content (AvgIpc) is 2.77. The van der Waals surface area contributed by atoms with Crippen LogP contribution in [-0.2, 0) is 9.53 Å². The Bertz CT molecular complexity index is 446. The number of alkyl halides is 1. The molecule has 0 N–H and O–H groups in total. The molecule has 0 spiro atoms. The number of ether oxygens (including phenoxy) is 1. The van der Waals surface area contributed by atoms with Gasteiger partial charge in [-0.25, -0.2) is 0 Å². The monoisotopic (exact) mass is 404 g/mol. The highest BCUT2D eigenvalue weighted by molar-refractivity contribution is 14.1. The number of hydrogen-bond acceptors (Lipinski definition) is 2. The van der Waals surface area contributed by atoms with Crippen molar-refractivity contribution < 1.29 is 9.53 Å². The van der Waals surface area contributed by atoms with Gasteiger partial charge >= 0.3 is 0 Å². The quantitative estimate of drug-likeness (QED) is 0.495. The molecular weight excluding hydrogens is 375 g/mol. The predicted molar refractivity (Wildman–Crippen MR) is 93.7 cm³/mol. The minimum Gasteiger partial charge on any atom is -0.381 e. The molecule has 0 aromatic rings. The molecule has 0 unspecified atom stereocenters. The average molecular weight is 404 g/mol. The van der Waals surface area contributed by atoms with Gasteiger partial charge in [0.15, 0.2) is 0 Å². The van der Waals surface area contributed by atoms with Gasteiger partial charge < -0.3 is 4.74 Å². The van der Waals surface area contributed by atoms with Crippen LogP contribution in [0.2, 0.25) is 0 Å². The van der Waals surface area contributed by atoms with Gasteiger partial charge in [0.05, 0.1) is 6.10 Å². The highest BCUT2D eigenvalue weighted by Gasteiger charge is 2.63. The molecule has 0 amide bonds. The zero-order chi connectivity index (χ0) is 15.5. The lowest BCUT2D eigenvalue weighted by Crippen LogP contribution is -2.58. The number of rotatable bonds is 2. The van der Waals surface area contributed by atoms with Crippen molar-refractivity contribution in [3.8, 4) is 0 Å². The van der Waals surface area contributed by atoms with E-state index in [1.807, 2.05) is 7.11 Å². The number of hydrogen-bond donors (Lipinski definition) is 0. The fourth-order valence-electron chi connectivity index (χ4n) is 6.47. The third-order valence-corrected chi connectivity index (χ3v) is 8.99. The Kier molecular flexibility index (Phi) is 4.01. The molecule has 0 bridgehead atoms. The van der Waals surface area contributed by atoms with Gasteiger partial charge in [-0.3, -0.25) is 4.79 Å². The van der Waals surface area contributed by atoms with Crippen molar-refractivity contribution >= 4 is 28.4 Å². The number of ketones is 1. The van der Waals surface area contributed by atoms with E-state index >= 15 is 0 Å². The second kappa shape index (κ2) is 5.19. The number of carbonyl (C=O) groups is 1. The van der Waals surface area contributed by atoms with Crippen LogP contribution in [-0.4, -0.2) is 23.4 Å². The molecule has 120 valence electrons. The highest BCUT2D eigenvalue weighted by Crippen LogP contribution is 2.68. The van der Waals surface area contributed by atoms with Crippen LogP contribution in [0.5, 0.6) is 0 Å². The molecule has 0 radical (unpaired) electrons. The maximum absolute atomic E-state index is 12.2. The second-order valence-corrected chi connectivity index (χ2v) is 9.41. The molecule has 3 aliphatic rings. The van der Waals surface area contributed by atoms with Gasteiger partial charge in [0.1, 0.15) is 5.78 Å². The van der Waals surface area contributed by atoms with E-state index in [1.165, 1.54) is 19.3 Å². The van der Waals surface area contributed by atoms with Gasteiger partial charge in [0.2, 0.25) is 0 Å². The highest BCUT2D eigenvalue weighted by atomic mass is 127. The SMILES string of the molecule is CO[C@H]1CC[C@]2(C)[C@@H]3CC(=O)C[C@@]3(CI)CC[C@H]2C1(C)C. The molecule has 0 aliphatic heterocycles. The Morgan fingerprint density at radius 2 is 1.90 bits per heavy atom. The first-order chi connectivity index (χ1) is 9.80. The van der Waals surface area contributed by atoms with E-state index in [0.717, 1.165) is 23.7 Å². The molecule has 21 heavy (non-hydrogen) atoms. The van der Waals surface area contributed by atoms with E-state index in [-0.39, 0.29) is 5.41 Å². The Balaban J connectivity index is 1.99. The zero-order valence-electron chi connectivity index (χ0n) is 13.9. The maximum Gasteiger partial charge on any atom is 0.133 e.